The van der Waals surface area contributed by atoms with Crippen molar-refractivity contribution in [3.05, 3.63) is 59.4 Å². The maximum atomic E-state index is 12.5. The first kappa shape index (κ1) is 20.8. The number of carbonyl (C=O) groups is 1. The van der Waals surface area contributed by atoms with E-state index in [1.807, 2.05) is 60.1 Å². The number of thioether (sulfide) groups is 1. The SMILES string of the molecule is CC(C)c1nnc(SCC(=O)Nc2ccccc2Sc2ccc(Cl)cc2)n1C. The third-order valence-electron chi connectivity index (χ3n) is 3.92. The summed E-state index contributed by atoms with van der Waals surface area (Å²) < 4.78 is 1.94. The highest BCUT2D eigenvalue weighted by Crippen LogP contribution is 2.34. The van der Waals surface area contributed by atoms with Crippen LogP contribution in [-0.2, 0) is 11.8 Å². The van der Waals surface area contributed by atoms with Crippen LogP contribution >= 0.6 is 35.1 Å². The average molecular weight is 433 g/mol. The Morgan fingerprint density at radius 3 is 2.54 bits per heavy atom. The van der Waals surface area contributed by atoms with Crippen molar-refractivity contribution in [2.24, 2.45) is 7.05 Å². The van der Waals surface area contributed by atoms with Crippen LogP contribution in [0.1, 0.15) is 25.6 Å². The van der Waals surface area contributed by atoms with Crippen LogP contribution in [-0.4, -0.2) is 26.4 Å². The fourth-order valence-corrected chi connectivity index (χ4v) is 4.31. The molecule has 0 atom stereocenters. The molecule has 1 aromatic heterocycles. The molecule has 28 heavy (non-hydrogen) atoms. The van der Waals surface area contributed by atoms with Crippen LogP contribution < -0.4 is 5.32 Å². The molecule has 0 saturated heterocycles. The lowest BCUT2D eigenvalue weighted by Crippen LogP contribution is -2.15. The number of carbonyl (C=O) groups excluding carboxylic acids is 1. The van der Waals surface area contributed by atoms with E-state index < -0.39 is 0 Å². The van der Waals surface area contributed by atoms with Gasteiger partial charge in [0.05, 0.1) is 11.4 Å². The van der Waals surface area contributed by atoms with E-state index in [2.05, 4.69) is 29.4 Å². The molecule has 146 valence electrons. The molecular weight excluding hydrogens is 412 g/mol. The predicted octanol–water partition coefficient (Wildman–Crippen LogP) is 5.47. The number of benzene rings is 2. The molecule has 0 saturated carbocycles. The molecule has 0 unspecified atom stereocenters. The van der Waals surface area contributed by atoms with Crippen LogP contribution in [0.2, 0.25) is 5.02 Å². The van der Waals surface area contributed by atoms with Gasteiger partial charge in [0.25, 0.3) is 0 Å². The van der Waals surface area contributed by atoms with Gasteiger partial charge in [-0.3, -0.25) is 4.79 Å². The standard InChI is InChI=1S/C20H21ClN4OS2/c1-13(2)19-23-24-20(25(19)3)27-12-18(26)22-16-6-4-5-7-17(16)28-15-10-8-14(21)9-11-15/h4-11,13H,12H2,1-3H3,(H,22,26). The number of nitrogens with zero attached hydrogens (tertiary/aromatic N) is 3. The van der Waals surface area contributed by atoms with Crippen molar-refractivity contribution in [2.75, 3.05) is 11.1 Å². The van der Waals surface area contributed by atoms with Gasteiger partial charge in [0, 0.05) is 27.8 Å². The second-order valence-corrected chi connectivity index (χ2v) is 8.94. The van der Waals surface area contributed by atoms with Crippen molar-refractivity contribution >= 4 is 46.7 Å². The van der Waals surface area contributed by atoms with Crippen molar-refractivity contribution in [3.8, 4) is 0 Å². The first-order chi connectivity index (χ1) is 13.4. The van der Waals surface area contributed by atoms with Crippen molar-refractivity contribution < 1.29 is 4.79 Å². The average Bonchev–Trinajstić information content (AvgIpc) is 3.04. The lowest BCUT2D eigenvalue weighted by atomic mass is 10.2. The van der Waals surface area contributed by atoms with Gasteiger partial charge in [0.15, 0.2) is 5.16 Å². The van der Waals surface area contributed by atoms with Gasteiger partial charge in [-0.1, -0.05) is 61.1 Å². The minimum Gasteiger partial charge on any atom is -0.324 e. The van der Waals surface area contributed by atoms with Gasteiger partial charge >= 0.3 is 0 Å². The molecule has 0 bridgehead atoms. The summed E-state index contributed by atoms with van der Waals surface area (Å²) in [7, 11) is 1.92. The van der Waals surface area contributed by atoms with Gasteiger partial charge in [-0.15, -0.1) is 10.2 Å². The Bertz CT molecular complexity index is 957. The molecule has 5 nitrogen and oxygen atoms in total. The Labute approximate surface area is 178 Å². The minimum absolute atomic E-state index is 0.0803. The fourth-order valence-electron chi connectivity index (χ4n) is 2.56. The quantitative estimate of drug-likeness (QED) is 0.501. The largest absolute Gasteiger partial charge is 0.324 e. The van der Waals surface area contributed by atoms with Gasteiger partial charge in [0.2, 0.25) is 5.91 Å². The number of hydrogen-bond donors (Lipinski definition) is 1. The van der Waals surface area contributed by atoms with E-state index in [4.69, 9.17) is 11.6 Å². The molecule has 0 fully saturated rings. The van der Waals surface area contributed by atoms with E-state index >= 15 is 0 Å². The van der Waals surface area contributed by atoms with E-state index in [1.165, 1.54) is 11.8 Å². The second kappa shape index (κ2) is 9.49. The number of rotatable bonds is 7. The first-order valence-electron chi connectivity index (χ1n) is 8.78. The Balaban J connectivity index is 1.63. The van der Waals surface area contributed by atoms with E-state index in [1.54, 1.807) is 11.8 Å². The van der Waals surface area contributed by atoms with Crippen LogP contribution in [0.5, 0.6) is 0 Å². The normalized spacial score (nSPS) is 11.0. The molecule has 0 aliphatic carbocycles. The number of halogens is 1. The molecule has 1 amide bonds. The van der Waals surface area contributed by atoms with E-state index in [0.717, 1.165) is 26.5 Å². The van der Waals surface area contributed by atoms with Gasteiger partial charge in [-0.2, -0.15) is 0 Å². The van der Waals surface area contributed by atoms with Crippen molar-refractivity contribution in [2.45, 2.75) is 34.7 Å². The highest BCUT2D eigenvalue weighted by Gasteiger charge is 2.14. The highest BCUT2D eigenvalue weighted by atomic mass is 35.5. The molecular formula is C20H21ClN4OS2. The first-order valence-corrected chi connectivity index (χ1v) is 11.0. The van der Waals surface area contributed by atoms with Crippen molar-refractivity contribution in [3.63, 3.8) is 0 Å². The summed E-state index contributed by atoms with van der Waals surface area (Å²) in [6, 6.07) is 15.4. The molecule has 0 radical (unpaired) electrons. The fraction of sp³-hybridized carbons (Fsp3) is 0.250. The van der Waals surface area contributed by atoms with Gasteiger partial charge < -0.3 is 9.88 Å². The molecule has 2 aromatic carbocycles. The van der Waals surface area contributed by atoms with Crippen LogP contribution in [0.4, 0.5) is 5.69 Å². The Morgan fingerprint density at radius 1 is 1.14 bits per heavy atom. The highest BCUT2D eigenvalue weighted by molar-refractivity contribution is 8.00. The number of aromatic nitrogens is 3. The Morgan fingerprint density at radius 2 is 1.86 bits per heavy atom. The predicted molar refractivity (Wildman–Crippen MR) is 116 cm³/mol. The maximum Gasteiger partial charge on any atom is 0.234 e. The molecule has 1 heterocycles. The van der Waals surface area contributed by atoms with Gasteiger partial charge in [-0.25, -0.2) is 0 Å². The molecule has 3 rings (SSSR count). The monoisotopic (exact) mass is 432 g/mol. The molecule has 3 aromatic rings. The number of nitrogens with one attached hydrogen (secondary N) is 1. The summed E-state index contributed by atoms with van der Waals surface area (Å²) >= 11 is 8.91. The molecule has 1 N–H and O–H groups in total. The summed E-state index contributed by atoms with van der Waals surface area (Å²) in [6.07, 6.45) is 0. The van der Waals surface area contributed by atoms with E-state index in [9.17, 15) is 4.79 Å². The van der Waals surface area contributed by atoms with Crippen LogP contribution in [0.15, 0.2) is 63.5 Å². The van der Waals surface area contributed by atoms with Crippen LogP contribution in [0.25, 0.3) is 0 Å². The van der Waals surface area contributed by atoms with E-state index in [-0.39, 0.29) is 17.6 Å². The lowest BCUT2D eigenvalue weighted by Gasteiger charge is -2.11. The van der Waals surface area contributed by atoms with E-state index in [0.29, 0.717) is 5.02 Å². The number of amides is 1. The molecule has 0 aliphatic rings. The minimum atomic E-state index is -0.0803. The Kier molecular flexibility index (Phi) is 7.04. The molecule has 0 aliphatic heterocycles. The molecule has 8 heteroatoms. The summed E-state index contributed by atoms with van der Waals surface area (Å²) in [6.45, 7) is 4.14. The topological polar surface area (TPSA) is 59.8 Å². The van der Waals surface area contributed by atoms with Crippen molar-refractivity contribution in [1.82, 2.24) is 14.8 Å². The number of anilines is 1. The smallest absolute Gasteiger partial charge is 0.234 e. The summed E-state index contributed by atoms with van der Waals surface area (Å²) in [5, 5.41) is 12.8. The maximum absolute atomic E-state index is 12.5. The van der Waals surface area contributed by atoms with Crippen LogP contribution in [0.3, 0.4) is 0 Å². The third kappa shape index (κ3) is 5.31. The van der Waals surface area contributed by atoms with Crippen LogP contribution in [0, 0.1) is 0 Å². The second-order valence-electron chi connectivity index (χ2n) is 6.44. The summed E-state index contributed by atoms with van der Waals surface area (Å²) in [5.74, 6) is 1.39. The lowest BCUT2D eigenvalue weighted by molar-refractivity contribution is -0.113. The zero-order valence-electron chi connectivity index (χ0n) is 15.8. The van der Waals surface area contributed by atoms with Gasteiger partial charge in [-0.05, 0) is 36.4 Å². The molecule has 0 spiro atoms. The van der Waals surface area contributed by atoms with Crippen molar-refractivity contribution in [1.29, 1.82) is 0 Å². The number of para-hydroxylation sites is 1. The number of hydrogen-bond acceptors (Lipinski definition) is 5. The Hall–Kier alpha value is -1.96. The summed E-state index contributed by atoms with van der Waals surface area (Å²) in [5.41, 5.74) is 0.786. The zero-order valence-corrected chi connectivity index (χ0v) is 18.2. The van der Waals surface area contributed by atoms with Gasteiger partial charge in [0.1, 0.15) is 5.82 Å². The zero-order chi connectivity index (χ0) is 20.1. The third-order valence-corrected chi connectivity index (χ3v) is 6.28. The summed E-state index contributed by atoms with van der Waals surface area (Å²) in [4.78, 5) is 14.5.